The summed E-state index contributed by atoms with van der Waals surface area (Å²) >= 11 is 0. The van der Waals surface area contributed by atoms with E-state index in [4.69, 9.17) is 14.2 Å². The lowest BCUT2D eigenvalue weighted by atomic mass is 10.1. The molecule has 4 heterocycles. The number of hydrogen-bond donors (Lipinski definition) is 0. The van der Waals surface area contributed by atoms with E-state index in [0.717, 1.165) is 0 Å². The van der Waals surface area contributed by atoms with E-state index in [1.54, 1.807) is 24.5 Å². The molecule has 9 nitrogen and oxygen atoms in total. The number of ether oxygens (including phenoxy) is 3. The molecule has 0 unspecified atom stereocenters. The number of halogens is 6. The Labute approximate surface area is 247 Å². The molecule has 0 N–H and O–H groups in total. The molecule has 4 atom stereocenters. The minimum Gasteiger partial charge on any atom is -0.369 e. The topological polar surface area (TPSA) is 85.7 Å². The average molecular weight is 621 g/mol. The highest BCUT2D eigenvalue weighted by atomic mass is 19.4. The van der Waals surface area contributed by atoms with Gasteiger partial charge in [0.05, 0.1) is 24.6 Å². The standard InChI is InChI=1S/C28H38F6N6O3/c1-17(2)25-35-7-5-19(37-25)21-13-39(9-11-41-21)15-23(27(29,30)31)43-24(28(32,33)34)16-40-10-12-42-22(14-40)20-6-8-36-26(38-20)18(3)4/h5-8,17-18,21-24H,9-16H2,1-4H3/t21-,22-,23-,24-/m0/s1. The van der Waals surface area contributed by atoms with Gasteiger partial charge in [-0.2, -0.15) is 26.3 Å². The van der Waals surface area contributed by atoms with E-state index in [-0.39, 0.29) is 51.2 Å². The van der Waals surface area contributed by atoms with Crippen LogP contribution in [0.15, 0.2) is 24.5 Å². The van der Waals surface area contributed by atoms with Crippen molar-refractivity contribution in [1.29, 1.82) is 0 Å². The summed E-state index contributed by atoms with van der Waals surface area (Å²) in [4.78, 5) is 20.1. The molecular formula is C28H38F6N6O3. The van der Waals surface area contributed by atoms with Crippen LogP contribution in [-0.4, -0.2) is 107 Å². The van der Waals surface area contributed by atoms with Crippen LogP contribution in [0.2, 0.25) is 0 Å². The van der Waals surface area contributed by atoms with Crippen molar-refractivity contribution in [2.24, 2.45) is 0 Å². The van der Waals surface area contributed by atoms with E-state index in [2.05, 4.69) is 19.9 Å². The molecule has 0 radical (unpaired) electrons. The summed E-state index contributed by atoms with van der Waals surface area (Å²) in [5.41, 5.74) is 1.01. The van der Waals surface area contributed by atoms with Crippen LogP contribution in [0.25, 0.3) is 0 Å². The molecule has 2 aliphatic rings. The van der Waals surface area contributed by atoms with Gasteiger partial charge in [0, 0.05) is 63.5 Å². The van der Waals surface area contributed by atoms with Gasteiger partial charge in [-0.1, -0.05) is 27.7 Å². The van der Waals surface area contributed by atoms with Crippen LogP contribution in [0.3, 0.4) is 0 Å². The molecule has 0 bridgehead atoms. The molecule has 0 spiro atoms. The molecule has 2 aromatic heterocycles. The summed E-state index contributed by atoms with van der Waals surface area (Å²) in [6.07, 6.45) is -13.6. The number of hydrogen-bond acceptors (Lipinski definition) is 9. The van der Waals surface area contributed by atoms with Crippen LogP contribution in [0.5, 0.6) is 0 Å². The van der Waals surface area contributed by atoms with Gasteiger partial charge in [0.25, 0.3) is 0 Å². The van der Waals surface area contributed by atoms with Crippen molar-refractivity contribution in [3.63, 3.8) is 0 Å². The number of rotatable bonds is 10. The van der Waals surface area contributed by atoms with Gasteiger partial charge in [0.2, 0.25) is 0 Å². The molecule has 15 heteroatoms. The lowest BCUT2D eigenvalue weighted by Crippen LogP contribution is -2.53. The Kier molecular flexibility index (Phi) is 11.0. The quantitative estimate of drug-likeness (QED) is 0.347. The summed E-state index contributed by atoms with van der Waals surface area (Å²) < 4.78 is 101. The van der Waals surface area contributed by atoms with Gasteiger partial charge in [-0.15, -0.1) is 0 Å². The summed E-state index contributed by atoms with van der Waals surface area (Å²) in [5.74, 6) is 1.19. The normalized spacial score (nSPS) is 22.7. The van der Waals surface area contributed by atoms with Crippen LogP contribution in [-0.2, 0) is 14.2 Å². The molecular weight excluding hydrogens is 582 g/mol. The molecule has 2 aromatic rings. The first-order chi connectivity index (χ1) is 20.2. The molecule has 240 valence electrons. The van der Waals surface area contributed by atoms with Gasteiger partial charge in [0.15, 0.2) is 12.2 Å². The number of alkyl halides is 6. The molecule has 0 aliphatic carbocycles. The summed E-state index contributed by atoms with van der Waals surface area (Å²) in [7, 11) is 0. The van der Waals surface area contributed by atoms with Gasteiger partial charge in [-0.25, -0.2) is 19.9 Å². The zero-order valence-electron chi connectivity index (χ0n) is 24.6. The fourth-order valence-electron chi connectivity index (χ4n) is 4.90. The lowest BCUT2D eigenvalue weighted by molar-refractivity contribution is -0.292. The number of aromatic nitrogens is 4. The smallest absolute Gasteiger partial charge is 0.369 e. The van der Waals surface area contributed by atoms with Gasteiger partial charge < -0.3 is 14.2 Å². The lowest BCUT2D eigenvalue weighted by Gasteiger charge is -2.38. The van der Waals surface area contributed by atoms with E-state index >= 15 is 0 Å². The second kappa shape index (κ2) is 14.1. The van der Waals surface area contributed by atoms with Crippen molar-refractivity contribution < 1.29 is 40.6 Å². The third-order valence-corrected chi connectivity index (χ3v) is 7.29. The SMILES string of the molecule is CC(C)c1nccc([C@@H]2CN(C[C@H](O[C@@H](CN3CCO[C@H](c4ccnc(C(C)C)n4)C3)C(F)(F)F)C(F)(F)F)CCO2)n1. The van der Waals surface area contributed by atoms with Crippen LogP contribution < -0.4 is 0 Å². The van der Waals surface area contributed by atoms with E-state index in [9.17, 15) is 26.3 Å². The molecule has 2 fully saturated rings. The summed E-state index contributed by atoms with van der Waals surface area (Å²) in [6.45, 7) is 6.51. The highest BCUT2D eigenvalue weighted by Gasteiger charge is 2.50. The van der Waals surface area contributed by atoms with E-state index in [1.807, 2.05) is 27.7 Å². The predicted molar refractivity (Wildman–Crippen MR) is 143 cm³/mol. The molecule has 0 aromatic carbocycles. The third-order valence-electron chi connectivity index (χ3n) is 7.29. The maximum absolute atomic E-state index is 14.1. The highest BCUT2D eigenvalue weighted by Crippen LogP contribution is 2.33. The van der Waals surface area contributed by atoms with E-state index < -0.39 is 49.9 Å². The molecule has 2 saturated heterocycles. The molecule has 0 saturated carbocycles. The first kappa shape index (κ1) is 33.4. The Morgan fingerprint density at radius 2 is 1.14 bits per heavy atom. The first-order valence-corrected chi connectivity index (χ1v) is 14.3. The van der Waals surface area contributed by atoms with Gasteiger partial charge in [-0.3, -0.25) is 9.80 Å². The van der Waals surface area contributed by atoms with Crippen LogP contribution >= 0.6 is 0 Å². The van der Waals surface area contributed by atoms with Crippen LogP contribution in [0.1, 0.15) is 74.8 Å². The fraction of sp³-hybridized carbons (Fsp3) is 0.714. The predicted octanol–water partition coefficient (Wildman–Crippen LogP) is 4.84. The van der Waals surface area contributed by atoms with Crippen molar-refractivity contribution in [3.8, 4) is 0 Å². The Morgan fingerprint density at radius 3 is 1.49 bits per heavy atom. The van der Waals surface area contributed by atoms with Crippen molar-refractivity contribution >= 4 is 0 Å². The monoisotopic (exact) mass is 620 g/mol. The summed E-state index contributed by atoms with van der Waals surface area (Å²) in [6, 6.07) is 3.25. The Balaban J connectivity index is 1.44. The van der Waals surface area contributed by atoms with E-state index in [0.29, 0.717) is 23.0 Å². The van der Waals surface area contributed by atoms with Crippen molar-refractivity contribution in [3.05, 3.63) is 47.6 Å². The Morgan fingerprint density at radius 1 is 0.744 bits per heavy atom. The van der Waals surface area contributed by atoms with Crippen LogP contribution in [0, 0.1) is 0 Å². The number of morpholine rings is 2. The molecule has 2 aliphatic heterocycles. The minimum absolute atomic E-state index is 0.0175. The van der Waals surface area contributed by atoms with Crippen molar-refractivity contribution in [2.45, 2.75) is 76.3 Å². The fourth-order valence-corrected chi connectivity index (χ4v) is 4.90. The van der Waals surface area contributed by atoms with Crippen molar-refractivity contribution in [2.75, 3.05) is 52.5 Å². The Bertz CT molecular complexity index is 1090. The van der Waals surface area contributed by atoms with Gasteiger partial charge in [-0.05, 0) is 12.1 Å². The molecule has 43 heavy (non-hydrogen) atoms. The molecule has 0 amide bonds. The largest absolute Gasteiger partial charge is 0.415 e. The second-order valence-corrected chi connectivity index (χ2v) is 11.4. The summed E-state index contributed by atoms with van der Waals surface area (Å²) in [5, 5.41) is 0. The minimum atomic E-state index is -5.03. The Hall–Kier alpha value is -2.46. The maximum Gasteiger partial charge on any atom is 0.415 e. The third kappa shape index (κ3) is 9.27. The average Bonchev–Trinajstić information content (AvgIpc) is 2.96. The highest BCUT2D eigenvalue weighted by molar-refractivity contribution is 5.10. The number of nitrogens with zero attached hydrogens (tertiary/aromatic N) is 6. The van der Waals surface area contributed by atoms with Crippen LogP contribution in [0.4, 0.5) is 26.3 Å². The van der Waals surface area contributed by atoms with Gasteiger partial charge in [0.1, 0.15) is 23.9 Å². The second-order valence-electron chi connectivity index (χ2n) is 11.4. The maximum atomic E-state index is 14.1. The van der Waals surface area contributed by atoms with Gasteiger partial charge >= 0.3 is 12.4 Å². The zero-order chi connectivity index (χ0) is 31.4. The van der Waals surface area contributed by atoms with E-state index in [1.165, 1.54) is 9.80 Å². The molecule has 4 rings (SSSR count). The zero-order valence-corrected chi connectivity index (χ0v) is 24.6. The first-order valence-electron chi connectivity index (χ1n) is 14.3. The van der Waals surface area contributed by atoms with Crippen molar-refractivity contribution in [1.82, 2.24) is 29.7 Å².